The molecule has 1 aromatic carbocycles. The van der Waals surface area contributed by atoms with Crippen LogP contribution in [0.5, 0.6) is 0 Å². The Labute approximate surface area is 146 Å². The number of rotatable bonds is 5. The largest absolute Gasteiger partial charge is 0.339 e. The zero-order valence-electron chi connectivity index (χ0n) is 15.1. The molecule has 1 N–H and O–H groups in total. The number of benzene rings is 1. The first kappa shape index (κ1) is 17.5. The molecule has 1 aliphatic heterocycles. The van der Waals surface area contributed by atoms with Gasteiger partial charge in [0.15, 0.2) is 0 Å². The minimum atomic E-state index is 0.220. The number of likely N-dealkylation sites (tertiary alicyclic amines) is 1. The van der Waals surface area contributed by atoms with Gasteiger partial charge in [-0.2, -0.15) is 0 Å². The van der Waals surface area contributed by atoms with Crippen LogP contribution in [-0.2, 0) is 0 Å². The van der Waals surface area contributed by atoms with E-state index in [9.17, 15) is 4.79 Å². The van der Waals surface area contributed by atoms with Gasteiger partial charge in [-0.05, 0) is 75.2 Å². The van der Waals surface area contributed by atoms with Crippen LogP contribution < -0.4 is 5.32 Å². The number of piperidine rings is 1. The van der Waals surface area contributed by atoms with Crippen molar-refractivity contribution in [3.8, 4) is 0 Å². The summed E-state index contributed by atoms with van der Waals surface area (Å²) in [6, 6.07) is 8.50. The Morgan fingerprint density at radius 1 is 1.04 bits per heavy atom. The maximum Gasteiger partial charge on any atom is 0.253 e. The van der Waals surface area contributed by atoms with Gasteiger partial charge >= 0.3 is 0 Å². The standard InChI is InChI=1S/C21H32N2O/c1-22-14-11-17-12-15-23(16-13-17)21(24)20-9-7-19(8-10-20)18-5-3-2-4-6-18/h7-10,17-18,22H,2-6,11-16H2,1H3. The lowest BCUT2D eigenvalue weighted by Crippen LogP contribution is -2.38. The minimum absolute atomic E-state index is 0.220. The first-order chi connectivity index (χ1) is 11.8. The number of hydrogen-bond acceptors (Lipinski definition) is 2. The molecule has 1 aliphatic carbocycles. The lowest BCUT2D eigenvalue weighted by molar-refractivity contribution is 0.0687. The van der Waals surface area contributed by atoms with Crippen LogP contribution in [0.15, 0.2) is 24.3 Å². The third-order valence-electron chi connectivity index (χ3n) is 5.94. The molecular formula is C21H32N2O. The highest BCUT2D eigenvalue weighted by Crippen LogP contribution is 2.32. The van der Waals surface area contributed by atoms with Gasteiger partial charge in [-0.25, -0.2) is 0 Å². The fourth-order valence-electron chi connectivity index (χ4n) is 4.29. The molecule has 1 saturated heterocycles. The minimum Gasteiger partial charge on any atom is -0.339 e. The van der Waals surface area contributed by atoms with E-state index in [0.29, 0.717) is 5.92 Å². The van der Waals surface area contributed by atoms with Gasteiger partial charge < -0.3 is 10.2 Å². The molecule has 2 aliphatic rings. The van der Waals surface area contributed by atoms with Crippen molar-refractivity contribution in [1.29, 1.82) is 0 Å². The number of carbonyl (C=O) groups excluding carboxylic acids is 1. The third-order valence-corrected chi connectivity index (χ3v) is 5.94. The van der Waals surface area contributed by atoms with Crippen molar-refractivity contribution < 1.29 is 4.79 Å². The zero-order chi connectivity index (χ0) is 16.8. The molecule has 132 valence electrons. The van der Waals surface area contributed by atoms with Gasteiger partial charge in [0.1, 0.15) is 0 Å². The molecule has 1 amide bonds. The van der Waals surface area contributed by atoms with Gasteiger partial charge in [-0.3, -0.25) is 4.79 Å². The quantitative estimate of drug-likeness (QED) is 0.879. The van der Waals surface area contributed by atoms with Crippen molar-refractivity contribution in [2.75, 3.05) is 26.7 Å². The van der Waals surface area contributed by atoms with Crippen LogP contribution in [0.1, 0.15) is 73.2 Å². The second kappa shape index (κ2) is 8.66. The Morgan fingerprint density at radius 3 is 2.33 bits per heavy atom. The van der Waals surface area contributed by atoms with E-state index < -0.39 is 0 Å². The molecule has 0 bridgehead atoms. The first-order valence-electron chi connectivity index (χ1n) is 9.82. The van der Waals surface area contributed by atoms with Crippen molar-refractivity contribution in [3.63, 3.8) is 0 Å². The summed E-state index contributed by atoms with van der Waals surface area (Å²) in [6.45, 7) is 2.91. The lowest BCUT2D eigenvalue weighted by Gasteiger charge is -2.32. The Hall–Kier alpha value is -1.35. The number of nitrogens with zero attached hydrogens (tertiary/aromatic N) is 1. The number of amides is 1. The molecule has 0 aromatic heterocycles. The number of hydrogen-bond donors (Lipinski definition) is 1. The molecule has 24 heavy (non-hydrogen) atoms. The second-order valence-electron chi connectivity index (χ2n) is 7.58. The topological polar surface area (TPSA) is 32.3 Å². The van der Waals surface area contributed by atoms with Gasteiger partial charge in [-0.1, -0.05) is 31.4 Å². The van der Waals surface area contributed by atoms with Crippen molar-refractivity contribution >= 4 is 5.91 Å². The molecule has 2 fully saturated rings. The van der Waals surface area contributed by atoms with Crippen LogP contribution in [0.4, 0.5) is 0 Å². The summed E-state index contributed by atoms with van der Waals surface area (Å²) in [6.07, 6.45) is 10.2. The van der Waals surface area contributed by atoms with Crippen LogP contribution in [-0.4, -0.2) is 37.5 Å². The first-order valence-corrected chi connectivity index (χ1v) is 9.82. The van der Waals surface area contributed by atoms with E-state index in [1.165, 1.54) is 44.1 Å². The summed E-state index contributed by atoms with van der Waals surface area (Å²) in [5.74, 6) is 1.71. The second-order valence-corrected chi connectivity index (χ2v) is 7.58. The smallest absolute Gasteiger partial charge is 0.253 e. The average Bonchev–Trinajstić information content (AvgIpc) is 2.67. The van der Waals surface area contributed by atoms with E-state index in [1.54, 1.807) is 0 Å². The van der Waals surface area contributed by atoms with Crippen LogP contribution in [0.25, 0.3) is 0 Å². The fraction of sp³-hybridized carbons (Fsp3) is 0.667. The molecule has 0 spiro atoms. The summed E-state index contributed by atoms with van der Waals surface area (Å²) in [5, 5.41) is 3.23. The maximum atomic E-state index is 12.7. The zero-order valence-corrected chi connectivity index (χ0v) is 15.1. The predicted octanol–water partition coefficient (Wildman–Crippen LogP) is 4.20. The molecule has 1 heterocycles. The normalized spacial score (nSPS) is 20.3. The van der Waals surface area contributed by atoms with E-state index in [4.69, 9.17) is 0 Å². The molecule has 3 rings (SSSR count). The number of nitrogens with one attached hydrogen (secondary N) is 1. The van der Waals surface area contributed by atoms with Gasteiger partial charge in [0.05, 0.1) is 0 Å². The van der Waals surface area contributed by atoms with E-state index in [0.717, 1.165) is 44.0 Å². The summed E-state index contributed by atoms with van der Waals surface area (Å²) >= 11 is 0. The van der Waals surface area contributed by atoms with E-state index in [2.05, 4.69) is 29.6 Å². The number of carbonyl (C=O) groups is 1. The van der Waals surface area contributed by atoms with Gasteiger partial charge in [0.25, 0.3) is 5.91 Å². The van der Waals surface area contributed by atoms with Crippen molar-refractivity contribution in [2.45, 2.75) is 57.3 Å². The summed E-state index contributed by atoms with van der Waals surface area (Å²) in [5.41, 5.74) is 2.29. The summed E-state index contributed by atoms with van der Waals surface area (Å²) in [4.78, 5) is 14.8. The highest BCUT2D eigenvalue weighted by atomic mass is 16.2. The Kier molecular flexibility index (Phi) is 6.30. The lowest BCUT2D eigenvalue weighted by atomic mass is 9.84. The molecular weight excluding hydrogens is 296 g/mol. The van der Waals surface area contributed by atoms with Crippen molar-refractivity contribution in [2.24, 2.45) is 5.92 Å². The predicted molar refractivity (Wildman–Crippen MR) is 99.4 cm³/mol. The Bertz CT molecular complexity index is 511. The molecule has 0 unspecified atom stereocenters. The van der Waals surface area contributed by atoms with Crippen LogP contribution in [0.3, 0.4) is 0 Å². The summed E-state index contributed by atoms with van der Waals surface area (Å²) < 4.78 is 0. The average molecular weight is 329 g/mol. The summed E-state index contributed by atoms with van der Waals surface area (Å²) in [7, 11) is 2.01. The van der Waals surface area contributed by atoms with Gasteiger partial charge in [0.2, 0.25) is 0 Å². The monoisotopic (exact) mass is 328 g/mol. The SMILES string of the molecule is CNCCC1CCN(C(=O)c2ccc(C3CCCCC3)cc2)CC1. The van der Waals surface area contributed by atoms with Crippen LogP contribution in [0, 0.1) is 5.92 Å². The van der Waals surface area contributed by atoms with Crippen molar-refractivity contribution in [1.82, 2.24) is 10.2 Å². The van der Waals surface area contributed by atoms with Crippen LogP contribution in [0.2, 0.25) is 0 Å². The highest BCUT2D eigenvalue weighted by Gasteiger charge is 2.23. The van der Waals surface area contributed by atoms with Crippen molar-refractivity contribution in [3.05, 3.63) is 35.4 Å². The van der Waals surface area contributed by atoms with Crippen LogP contribution >= 0.6 is 0 Å². The van der Waals surface area contributed by atoms with Gasteiger partial charge in [-0.15, -0.1) is 0 Å². The van der Waals surface area contributed by atoms with E-state index in [-0.39, 0.29) is 5.91 Å². The molecule has 0 atom stereocenters. The third kappa shape index (κ3) is 4.38. The molecule has 3 heteroatoms. The fourth-order valence-corrected chi connectivity index (χ4v) is 4.29. The molecule has 3 nitrogen and oxygen atoms in total. The Balaban J connectivity index is 1.53. The molecule has 0 radical (unpaired) electrons. The molecule has 1 saturated carbocycles. The Morgan fingerprint density at radius 2 is 1.71 bits per heavy atom. The van der Waals surface area contributed by atoms with E-state index >= 15 is 0 Å². The van der Waals surface area contributed by atoms with E-state index in [1.807, 2.05) is 11.9 Å². The van der Waals surface area contributed by atoms with Gasteiger partial charge in [0, 0.05) is 18.7 Å². The highest BCUT2D eigenvalue weighted by molar-refractivity contribution is 5.94. The molecule has 1 aromatic rings. The maximum absolute atomic E-state index is 12.7.